The van der Waals surface area contributed by atoms with Crippen molar-refractivity contribution in [1.82, 2.24) is 5.32 Å². The molecule has 4 nitrogen and oxygen atoms in total. The summed E-state index contributed by atoms with van der Waals surface area (Å²) in [4.78, 5) is 24.0. The minimum absolute atomic E-state index is 0.0924. The van der Waals surface area contributed by atoms with Crippen molar-refractivity contribution in [2.45, 2.75) is 32.1 Å². The van der Waals surface area contributed by atoms with E-state index in [9.17, 15) is 9.59 Å². The van der Waals surface area contributed by atoms with E-state index in [1.807, 2.05) is 0 Å². The quantitative estimate of drug-likeness (QED) is 0.642. The number of amides is 1. The highest BCUT2D eigenvalue weighted by atomic mass is 16.1. The van der Waals surface area contributed by atoms with Crippen molar-refractivity contribution in [2.75, 3.05) is 12.8 Å². The second-order valence-electron chi connectivity index (χ2n) is 5.11. The molecule has 19 heavy (non-hydrogen) atoms. The summed E-state index contributed by atoms with van der Waals surface area (Å²) < 4.78 is 0. The van der Waals surface area contributed by atoms with E-state index in [1.165, 1.54) is 0 Å². The Morgan fingerprint density at radius 3 is 2.63 bits per heavy atom. The predicted molar refractivity (Wildman–Crippen MR) is 74.9 cm³/mol. The van der Waals surface area contributed by atoms with E-state index < -0.39 is 0 Å². The van der Waals surface area contributed by atoms with Crippen LogP contribution in [0.25, 0.3) is 0 Å². The smallest absolute Gasteiger partial charge is 0.224 e. The van der Waals surface area contributed by atoms with Gasteiger partial charge >= 0.3 is 0 Å². The summed E-state index contributed by atoms with van der Waals surface area (Å²) in [6.45, 7) is 0. The average Bonchev–Trinajstić information content (AvgIpc) is 2.93. The number of anilines is 1. The van der Waals surface area contributed by atoms with Gasteiger partial charge in [-0.25, -0.2) is 0 Å². The van der Waals surface area contributed by atoms with Crippen molar-refractivity contribution < 1.29 is 9.59 Å². The van der Waals surface area contributed by atoms with Gasteiger partial charge in [0.1, 0.15) is 0 Å². The van der Waals surface area contributed by atoms with Crippen LogP contribution in [0.1, 0.15) is 41.6 Å². The van der Waals surface area contributed by atoms with Gasteiger partial charge in [0.05, 0.1) is 6.42 Å². The molecule has 1 amide bonds. The lowest BCUT2D eigenvalue weighted by molar-refractivity contribution is -0.119. The first-order valence-corrected chi connectivity index (χ1v) is 6.75. The lowest BCUT2D eigenvalue weighted by Crippen LogP contribution is -2.22. The third-order valence-corrected chi connectivity index (χ3v) is 3.76. The molecule has 3 N–H and O–H groups in total. The lowest BCUT2D eigenvalue weighted by atomic mass is 9.91. The highest BCUT2D eigenvalue weighted by Gasteiger charge is 2.26. The molecular weight excluding hydrogens is 240 g/mol. The number of ketones is 1. The first-order valence-electron chi connectivity index (χ1n) is 6.75. The van der Waals surface area contributed by atoms with Crippen molar-refractivity contribution in [3.05, 3.63) is 29.3 Å². The molecule has 4 heteroatoms. The highest BCUT2D eigenvalue weighted by molar-refractivity contribution is 6.01. The SMILES string of the molecule is CNC(=O)Cc1ccc(N)cc1C(=O)C1CCCC1. The Kier molecular flexibility index (Phi) is 4.20. The number of benzene rings is 1. The third kappa shape index (κ3) is 3.13. The summed E-state index contributed by atoms with van der Waals surface area (Å²) in [6.07, 6.45) is 4.36. The number of nitrogen functional groups attached to an aromatic ring is 1. The molecule has 1 aliphatic carbocycles. The van der Waals surface area contributed by atoms with Gasteiger partial charge in [0.2, 0.25) is 5.91 Å². The Labute approximate surface area is 113 Å². The minimum Gasteiger partial charge on any atom is -0.399 e. The van der Waals surface area contributed by atoms with Gasteiger partial charge in [-0.05, 0) is 30.5 Å². The van der Waals surface area contributed by atoms with Crippen LogP contribution in [-0.4, -0.2) is 18.7 Å². The molecule has 102 valence electrons. The Hall–Kier alpha value is -1.84. The molecule has 0 spiro atoms. The number of carbonyl (C=O) groups is 2. The van der Waals surface area contributed by atoms with E-state index in [0.29, 0.717) is 11.3 Å². The Bertz CT molecular complexity index is 491. The maximum atomic E-state index is 12.5. The van der Waals surface area contributed by atoms with Gasteiger partial charge in [-0.2, -0.15) is 0 Å². The number of rotatable bonds is 4. The van der Waals surface area contributed by atoms with Crippen molar-refractivity contribution in [2.24, 2.45) is 5.92 Å². The Morgan fingerprint density at radius 1 is 1.32 bits per heavy atom. The maximum Gasteiger partial charge on any atom is 0.224 e. The Balaban J connectivity index is 2.28. The minimum atomic E-state index is -0.0924. The number of hydrogen-bond donors (Lipinski definition) is 2. The van der Waals surface area contributed by atoms with Crippen LogP contribution in [0.15, 0.2) is 18.2 Å². The molecule has 0 bridgehead atoms. The van der Waals surface area contributed by atoms with Gasteiger partial charge in [-0.1, -0.05) is 18.9 Å². The lowest BCUT2D eigenvalue weighted by Gasteiger charge is -2.13. The normalized spacial score (nSPS) is 15.4. The second-order valence-corrected chi connectivity index (χ2v) is 5.11. The molecule has 0 radical (unpaired) electrons. The van der Waals surface area contributed by atoms with Gasteiger partial charge < -0.3 is 11.1 Å². The molecular formula is C15H20N2O2. The van der Waals surface area contributed by atoms with E-state index >= 15 is 0 Å². The summed E-state index contributed by atoms with van der Waals surface area (Å²) in [5, 5.41) is 2.58. The number of hydrogen-bond acceptors (Lipinski definition) is 3. The number of nitrogens with one attached hydrogen (secondary N) is 1. The predicted octanol–water partition coefficient (Wildman–Crippen LogP) is 1.93. The molecule has 1 aromatic carbocycles. The fourth-order valence-corrected chi connectivity index (χ4v) is 2.65. The Morgan fingerprint density at radius 2 is 2.00 bits per heavy atom. The fourth-order valence-electron chi connectivity index (χ4n) is 2.65. The van der Waals surface area contributed by atoms with E-state index in [1.54, 1.807) is 25.2 Å². The van der Waals surface area contributed by atoms with Gasteiger partial charge in [0.25, 0.3) is 0 Å². The molecule has 1 aliphatic rings. The van der Waals surface area contributed by atoms with E-state index in [0.717, 1.165) is 31.2 Å². The molecule has 0 aliphatic heterocycles. The fraction of sp³-hybridized carbons (Fsp3) is 0.467. The van der Waals surface area contributed by atoms with E-state index in [2.05, 4.69) is 5.32 Å². The molecule has 1 saturated carbocycles. The zero-order valence-electron chi connectivity index (χ0n) is 11.2. The van der Waals surface area contributed by atoms with E-state index in [-0.39, 0.29) is 24.0 Å². The zero-order chi connectivity index (χ0) is 13.8. The van der Waals surface area contributed by atoms with Crippen LogP contribution in [-0.2, 0) is 11.2 Å². The number of Topliss-reactive ketones (excluding diaryl/α,β-unsaturated/α-hetero) is 1. The molecule has 0 aromatic heterocycles. The second kappa shape index (κ2) is 5.87. The van der Waals surface area contributed by atoms with E-state index in [4.69, 9.17) is 5.73 Å². The monoisotopic (exact) mass is 260 g/mol. The molecule has 1 aromatic rings. The van der Waals surface area contributed by atoms with Gasteiger partial charge in [0, 0.05) is 24.2 Å². The van der Waals surface area contributed by atoms with Crippen molar-refractivity contribution in [3.8, 4) is 0 Å². The van der Waals surface area contributed by atoms with Crippen molar-refractivity contribution >= 4 is 17.4 Å². The largest absolute Gasteiger partial charge is 0.399 e. The van der Waals surface area contributed by atoms with Crippen LogP contribution in [0.4, 0.5) is 5.69 Å². The zero-order valence-corrected chi connectivity index (χ0v) is 11.2. The number of likely N-dealkylation sites (N-methyl/N-ethyl adjacent to an activating group) is 1. The first-order chi connectivity index (χ1) is 9.11. The molecule has 0 unspecified atom stereocenters. The summed E-state index contributed by atoms with van der Waals surface area (Å²) in [6, 6.07) is 5.23. The van der Waals surface area contributed by atoms with Crippen molar-refractivity contribution in [3.63, 3.8) is 0 Å². The van der Waals surface area contributed by atoms with Crippen LogP contribution in [0.3, 0.4) is 0 Å². The van der Waals surface area contributed by atoms with Crippen LogP contribution < -0.4 is 11.1 Å². The maximum absolute atomic E-state index is 12.5. The van der Waals surface area contributed by atoms with Gasteiger partial charge in [0.15, 0.2) is 5.78 Å². The standard InChI is InChI=1S/C15H20N2O2/c1-17-14(18)8-11-6-7-12(16)9-13(11)15(19)10-4-2-3-5-10/h6-7,9-10H,2-5,8,16H2,1H3,(H,17,18). The van der Waals surface area contributed by atoms with Crippen LogP contribution in [0.5, 0.6) is 0 Å². The molecule has 0 saturated heterocycles. The van der Waals surface area contributed by atoms with Gasteiger partial charge in [-0.3, -0.25) is 9.59 Å². The first kappa shape index (κ1) is 13.6. The molecule has 1 fully saturated rings. The average molecular weight is 260 g/mol. The van der Waals surface area contributed by atoms with Crippen LogP contribution in [0, 0.1) is 5.92 Å². The highest BCUT2D eigenvalue weighted by Crippen LogP contribution is 2.29. The van der Waals surface area contributed by atoms with Crippen LogP contribution in [0.2, 0.25) is 0 Å². The summed E-state index contributed by atoms with van der Waals surface area (Å²) in [7, 11) is 1.60. The molecule has 2 rings (SSSR count). The van der Waals surface area contributed by atoms with Crippen LogP contribution >= 0.6 is 0 Å². The summed E-state index contributed by atoms with van der Waals surface area (Å²) in [5.74, 6) is 0.152. The van der Waals surface area contributed by atoms with Crippen molar-refractivity contribution in [1.29, 1.82) is 0 Å². The molecule has 0 atom stereocenters. The number of nitrogens with two attached hydrogens (primary N) is 1. The third-order valence-electron chi connectivity index (χ3n) is 3.76. The topological polar surface area (TPSA) is 72.2 Å². The van der Waals surface area contributed by atoms with Gasteiger partial charge in [-0.15, -0.1) is 0 Å². The molecule has 0 heterocycles. The summed E-state index contributed by atoms with van der Waals surface area (Å²) in [5.41, 5.74) is 7.74. The summed E-state index contributed by atoms with van der Waals surface area (Å²) >= 11 is 0. The number of carbonyl (C=O) groups excluding carboxylic acids is 2.